The van der Waals surface area contributed by atoms with E-state index in [1.165, 1.54) is 10.4 Å². The van der Waals surface area contributed by atoms with Gasteiger partial charge in [-0.3, -0.25) is 4.79 Å². The van der Waals surface area contributed by atoms with Crippen LogP contribution in [0.3, 0.4) is 0 Å². The Kier molecular flexibility index (Phi) is 3.90. The van der Waals surface area contributed by atoms with Gasteiger partial charge in [-0.05, 0) is 29.9 Å². The van der Waals surface area contributed by atoms with Crippen molar-refractivity contribution in [2.45, 2.75) is 44.8 Å². The maximum atomic E-state index is 12.8. The molecule has 1 amide bonds. The molecule has 4 rings (SSSR count). The number of fused-ring (bicyclic) bond motifs is 1. The lowest BCUT2D eigenvalue weighted by Gasteiger charge is -2.27. The largest absolute Gasteiger partial charge is 0.373 e. The Balaban J connectivity index is 1.49. The SMILES string of the molecule is Cc1nc([C@@H]2CCCN2C(=O)C[C@@H]2OCCc3sccc32)no1. The Morgan fingerprint density at radius 2 is 2.43 bits per heavy atom. The van der Waals surface area contributed by atoms with E-state index in [0.717, 1.165) is 25.8 Å². The van der Waals surface area contributed by atoms with Crippen LogP contribution >= 0.6 is 11.3 Å². The maximum absolute atomic E-state index is 12.8. The Labute approximate surface area is 138 Å². The van der Waals surface area contributed by atoms with Crippen molar-refractivity contribution in [3.05, 3.63) is 33.6 Å². The average Bonchev–Trinajstić information content (AvgIpc) is 3.26. The van der Waals surface area contributed by atoms with Gasteiger partial charge in [0.1, 0.15) is 0 Å². The molecule has 4 heterocycles. The molecule has 0 spiro atoms. The molecule has 0 unspecified atom stereocenters. The number of ether oxygens (including phenoxy) is 1. The Hall–Kier alpha value is -1.73. The monoisotopic (exact) mass is 333 g/mol. The van der Waals surface area contributed by atoms with Crippen molar-refractivity contribution in [1.29, 1.82) is 0 Å². The van der Waals surface area contributed by atoms with E-state index in [1.807, 2.05) is 4.90 Å². The zero-order chi connectivity index (χ0) is 15.8. The lowest BCUT2D eigenvalue weighted by molar-refractivity contribution is -0.135. The molecular weight excluding hydrogens is 314 g/mol. The number of likely N-dealkylation sites (tertiary alicyclic amines) is 1. The number of rotatable bonds is 3. The first-order valence-electron chi connectivity index (χ1n) is 8.00. The molecule has 0 radical (unpaired) electrons. The van der Waals surface area contributed by atoms with E-state index < -0.39 is 0 Å². The highest BCUT2D eigenvalue weighted by atomic mass is 32.1. The van der Waals surface area contributed by atoms with Crippen LogP contribution in [0.2, 0.25) is 0 Å². The Bertz CT molecular complexity index is 711. The van der Waals surface area contributed by atoms with Crippen molar-refractivity contribution in [1.82, 2.24) is 15.0 Å². The number of carbonyl (C=O) groups excluding carboxylic acids is 1. The van der Waals surface area contributed by atoms with Crippen LogP contribution in [-0.4, -0.2) is 34.1 Å². The maximum Gasteiger partial charge on any atom is 0.226 e. The molecule has 2 aliphatic rings. The van der Waals surface area contributed by atoms with E-state index in [9.17, 15) is 4.79 Å². The van der Waals surface area contributed by atoms with Gasteiger partial charge in [-0.1, -0.05) is 5.16 Å². The minimum Gasteiger partial charge on any atom is -0.373 e. The number of aromatic nitrogens is 2. The third-order valence-electron chi connectivity index (χ3n) is 4.55. The van der Waals surface area contributed by atoms with Crippen molar-refractivity contribution in [2.24, 2.45) is 0 Å². The van der Waals surface area contributed by atoms with E-state index >= 15 is 0 Å². The van der Waals surface area contributed by atoms with Gasteiger partial charge in [0, 0.05) is 24.8 Å². The molecule has 1 fully saturated rings. The van der Waals surface area contributed by atoms with E-state index in [2.05, 4.69) is 21.6 Å². The molecule has 0 saturated carbocycles. The molecule has 122 valence electrons. The molecule has 6 nitrogen and oxygen atoms in total. The minimum absolute atomic E-state index is 0.0644. The van der Waals surface area contributed by atoms with Crippen molar-refractivity contribution in [3.8, 4) is 0 Å². The van der Waals surface area contributed by atoms with Gasteiger partial charge >= 0.3 is 0 Å². The fourth-order valence-electron chi connectivity index (χ4n) is 3.45. The highest BCUT2D eigenvalue weighted by molar-refractivity contribution is 7.10. The highest BCUT2D eigenvalue weighted by Crippen LogP contribution is 2.36. The minimum atomic E-state index is -0.120. The highest BCUT2D eigenvalue weighted by Gasteiger charge is 2.35. The molecule has 23 heavy (non-hydrogen) atoms. The zero-order valence-corrected chi connectivity index (χ0v) is 13.8. The average molecular weight is 333 g/mol. The fourth-order valence-corrected chi connectivity index (χ4v) is 4.37. The summed E-state index contributed by atoms with van der Waals surface area (Å²) in [6.07, 6.45) is 3.08. The molecule has 1 saturated heterocycles. The molecule has 7 heteroatoms. The molecule has 0 N–H and O–H groups in total. The second kappa shape index (κ2) is 6.05. The van der Waals surface area contributed by atoms with Gasteiger partial charge in [-0.2, -0.15) is 4.98 Å². The van der Waals surface area contributed by atoms with Crippen LogP contribution in [-0.2, 0) is 16.0 Å². The first kappa shape index (κ1) is 14.8. The summed E-state index contributed by atoms with van der Waals surface area (Å²) < 4.78 is 10.9. The second-order valence-corrected chi connectivity index (χ2v) is 7.03. The summed E-state index contributed by atoms with van der Waals surface area (Å²) in [7, 11) is 0. The van der Waals surface area contributed by atoms with E-state index in [1.54, 1.807) is 18.3 Å². The number of amides is 1. The van der Waals surface area contributed by atoms with Crippen LogP contribution in [0.5, 0.6) is 0 Å². The lowest BCUT2D eigenvalue weighted by atomic mass is 10.0. The zero-order valence-electron chi connectivity index (χ0n) is 13.0. The summed E-state index contributed by atoms with van der Waals surface area (Å²) in [5.74, 6) is 1.27. The topological polar surface area (TPSA) is 68.5 Å². The number of nitrogens with zero attached hydrogens (tertiary/aromatic N) is 3. The Morgan fingerprint density at radius 3 is 3.26 bits per heavy atom. The number of thiophene rings is 1. The Morgan fingerprint density at radius 1 is 1.52 bits per heavy atom. The summed E-state index contributed by atoms with van der Waals surface area (Å²) >= 11 is 1.75. The summed E-state index contributed by atoms with van der Waals surface area (Å²) in [5.41, 5.74) is 1.18. The molecule has 2 aliphatic heterocycles. The standard InChI is InChI=1S/C16H19N3O3S/c1-10-17-16(18-22-10)12-3-2-6-19(12)15(20)9-13-11-5-8-23-14(11)4-7-21-13/h5,8,12-13H,2-4,6-7,9H2,1H3/t12-,13-/m0/s1. The van der Waals surface area contributed by atoms with Crippen LogP contribution in [0.25, 0.3) is 0 Å². The van der Waals surface area contributed by atoms with Gasteiger partial charge in [0.05, 0.1) is 25.2 Å². The van der Waals surface area contributed by atoms with Crippen molar-refractivity contribution in [3.63, 3.8) is 0 Å². The second-order valence-electron chi connectivity index (χ2n) is 6.03. The van der Waals surface area contributed by atoms with Crippen LogP contribution in [0.4, 0.5) is 0 Å². The van der Waals surface area contributed by atoms with Crippen molar-refractivity contribution in [2.75, 3.05) is 13.2 Å². The van der Waals surface area contributed by atoms with Gasteiger partial charge in [0.25, 0.3) is 0 Å². The van der Waals surface area contributed by atoms with Gasteiger partial charge in [-0.15, -0.1) is 11.3 Å². The van der Waals surface area contributed by atoms with Gasteiger partial charge in [0.15, 0.2) is 5.82 Å². The van der Waals surface area contributed by atoms with Crippen LogP contribution in [0, 0.1) is 6.92 Å². The number of hydrogen-bond donors (Lipinski definition) is 0. The smallest absolute Gasteiger partial charge is 0.226 e. The number of carbonyl (C=O) groups is 1. The van der Waals surface area contributed by atoms with Crippen molar-refractivity contribution >= 4 is 17.2 Å². The van der Waals surface area contributed by atoms with Gasteiger partial charge in [-0.25, -0.2) is 0 Å². The van der Waals surface area contributed by atoms with Gasteiger partial charge < -0.3 is 14.2 Å². The van der Waals surface area contributed by atoms with E-state index in [0.29, 0.717) is 24.7 Å². The van der Waals surface area contributed by atoms with Crippen LogP contribution in [0.1, 0.15) is 53.6 Å². The fraction of sp³-hybridized carbons (Fsp3) is 0.562. The molecule has 2 aromatic rings. The van der Waals surface area contributed by atoms with E-state index in [-0.39, 0.29) is 18.1 Å². The number of hydrogen-bond acceptors (Lipinski definition) is 6. The third kappa shape index (κ3) is 2.79. The summed E-state index contributed by atoms with van der Waals surface area (Å²) in [4.78, 5) is 20.3. The summed E-state index contributed by atoms with van der Waals surface area (Å²) in [6.45, 7) is 3.21. The van der Waals surface area contributed by atoms with Crippen LogP contribution < -0.4 is 0 Å². The molecule has 2 aromatic heterocycles. The first-order chi connectivity index (χ1) is 11.2. The van der Waals surface area contributed by atoms with E-state index in [4.69, 9.17) is 9.26 Å². The van der Waals surface area contributed by atoms with Crippen LogP contribution in [0.15, 0.2) is 16.0 Å². The summed E-state index contributed by atoms with van der Waals surface area (Å²) in [5, 5.41) is 6.08. The normalized spacial score (nSPS) is 24.0. The van der Waals surface area contributed by atoms with Crippen molar-refractivity contribution < 1.29 is 14.1 Å². The molecular formula is C16H19N3O3S. The predicted octanol–water partition coefficient (Wildman–Crippen LogP) is 2.81. The summed E-state index contributed by atoms with van der Waals surface area (Å²) in [6, 6.07) is 2.02. The third-order valence-corrected chi connectivity index (χ3v) is 5.55. The molecule has 0 aromatic carbocycles. The quantitative estimate of drug-likeness (QED) is 0.864. The molecule has 0 bridgehead atoms. The molecule has 2 atom stereocenters. The first-order valence-corrected chi connectivity index (χ1v) is 8.88. The van der Waals surface area contributed by atoms with Gasteiger partial charge in [0.2, 0.25) is 11.8 Å². The number of aryl methyl sites for hydroxylation is 1. The molecule has 0 aliphatic carbocycles. The lowest BCUT2D eigenvalue weighted by Crippen LogP contribution is -2.33. The predicted molar refractivity (Wildman–Crippen MR) is 84.1 cm³/mol.